The summed E-state index contributed by atoms with van der Waals surface area (Å²) in [5.74, 6) is 0.211. The van der Waals surface area contributed by atoms with Crippen molar-refractivity contribution in [2.24, 2.45) is 5.41 Å². The van der Waals surface area contributed by atoms with Gasteiger partial charge in [0.05, 0.1) is 0 Å². The first-order valence-corrected chi connectivity index (χ1v) is 11.4. The molecule has 0 aliphatic carbocycles. The largest absolute Gasteiger partial charge is 0.460 e. The maximum absolute atomic E-state index is 12.9. The summed E-state index contributed by atoms with van der Waals surface area (Å²) < 4.78 is 11.2. The van der Waals surface area contributed by atoms with Crippen LogP contribution in [0.4, 0.5) is 4.79 Å². The van der Waals surface area contributed by atoms with Crippen molar-refractivity contribution in [2.45, 2.75) is 106 Å². The lowest BCUT2D eigenvalue weighted by molar-refractivity contribution is -0.155. The van der Waals surface area contributed by atoms with Crippen LogP contribution in [0.2, 0.25) is 0 Å². The average molecular weight is 450 g/mol. The molecule has 6 heteroatoms. The van der Waals surface area contributed by atoms with Crippen molar-refractivity contribution in [3.8, 4) is 5.75 Å². The van der Waals surface area contributed by atoms with Gasteiger partial charge in [-0.15, -0.1) is 0 Å². The lowest BCUT2D eigenvalue weighted by atomic mass is 9.78. The van der Waals surface area contributed by atoms with E-state index < -0.39 is 11.7 Å². The minimum absolute atomic E-state index is 0.0444. The van der Waals surface area contributed by atoms with Crippen molar-refractivity contribution in [3.63, 3.8) is 0 Å². The number of hydrogen-bond donors (Lipinski definition) is 2. The van der Waals surface area contributed by atoms with Gasteiger partial charge >= 0.3 is 12.1 Å². The van der Waals surface area contributed by atoms with Crippen LogP contribution in [0.25, 0.3) is 0 Å². The molecule has 1 aromatic rings. The van der Waals surface area contributed by atoms with Gasteiger partial charge in [-0.2, -0.15) is 0 Å². The van der Waals surface area contributed by atoms with Crippen LogP contribution in [0.5, 0.6) is 5.75 Å². The molecule has 0 heterocycles. The Labute approximate surface area is 194 Å². The number of ether oxygens (including phenoxy) is 2. The molecule has 1 atom stereocenters. The molecule has 0 aromatic heterocycles. The van der Waals surface area contributed by atoms with E-state index in [0.29, 0.717) is 18.6 Å². The maximum Gasteiger partial charge on any atom is 0.412 e. The second-order valence-electron chi connectivity index (χ2n) is 11.4. The van der Waals surface area contributed by atoms with Gasteiger partial charge in [-0.1, -0.05) is 40.7 Å². The molecule has 0 bridgehead atoms. The number of nitrogens with one attached hydrogen (secondary N) is 1. The minimum Gasteiger partial charge on any atom is -0.460 e. The molecule has 182 valence electrons. The number of aliphatic hydroxyl groups is 1. The van der Waals surface area contributed by atoms with Crippen LogP contribution in [0.1, 0.15) is 91.3 Å². The zero-order valence-corrected chi connectivity index (χ0v) is 21.6. The highest BCUT2D eigenvalue weighted by Crippen LogP contribution is 2.38. The lowest BCUT2D eigenvalue weighted by Gasteiger charge is -2.32. The van der Waals surface area contributed by atoms with Crippen LogP contribution in [-0.2, 0) is 14.9 Å². The van der Waals surface area contributed by atoms with E-state index >= 15 is 0 Å². The molecule has 1 aromatic carbocycles. The van der Waals surface area contributed by atoms with E-state index in [1.165, 1.54) is 0 Å². The fourth-order valence-corrected chi connectivity index (χ4v) is 3.93. The van der Waals surface area contributed by atoms with E-state index in [4.69, 9.17) is 9.47 Å². The molecule has 1 rings (SSSR count). The first-order chi connectivity index (χ1) is 14.5. The fourth-order valence-electron chi connectivity index (χ4n) is 3.93. The number of aryl methyl sites for hydroxylation is 2. The summed E-state index contributed by atoms with van der Waals surface area (Å²) in [6.07, 6.45) is 0.649. The number of benzene rings is 1. The quantitative estimate of drug-likeness (QED) is 0.506. The van der Waals surface area contributed by atoms with Crippen LogP contribution < -0.4 is 10.1 Å². The lowest BCUT2D eigenvalue weighted by Crippen LogP contribution is -2.45. The molecule has 1 amide bonds. The highest BCUT2D eigenvalue weighted by Gasteiger charge is 2.31. The Balaban J connectivity index is 3.04. The number of aliphatic hydroxyl groups excluding tert-OH is 1. The Bertz CT molecular complexity index is 800. The number of esters is 1. The standard InChI is InChI=1S/C26H43NO5/c1-17-15-18(2)22(26(9,10)13-14-28)19(16-17)31-23(30)27-20(24(3,4)5)11-12-21(29)32-25(6,7)8/h15-16,20,28H,11-14H2,1-10H3,(H,27,30)/t20-/m0/s1. The summed E-state index contributed by atoms with van der Waals surface area (Å²) in [6.45, 7) is 19.6. The normalized spacial score (nSPS) is 13.5. The highest BCUT2D eigenvalue weighted by molar-refractivity contribution is 5.73. The molecule has 0 radical (unpaired) electrons. The van der Waals surface area contributed by atoms with Crippen molar-refractivity contribution in [1.29, 1.82) is 0 Å². The Morgan fingerprint density at radius 3 is 2.12 bits per heavy atom. The molecule has 0 fully saturated rings. The van der Waals surface area contributed by atoms with Crippen LogP contribution >= 0.6 is 0 Å². The third-order valence-electron chi connectivity index (χ3n) is 5.45. The maximum atomic E-state index is 12.9. The van der Waals surface area contributed by atoms with Crippen molar-refractivity contribution < 1.29 is 24.2 Å². The summed E-state index contributed by atoms with van der Waals surface area (Å²) in [5, 5.41) is 12.5. The monoisotopic (exact) mass is 449 g/mol. The molecule has 0 saturated carbocycles. The van der Waals surface area contributed by atoms with Crippen LogP contribution in [0.15, 0.2) is 12.1 Å². The minimum atomic E-state index is -0.555. The molecule has 2 N–H and O–H groups in total. The number of hydrogen-bond acceptors (Lipinski definition) is 5. The van der Waals surface area contributed by atoms with Gasteiger partial charge in [0, 0.05) is 24.6 Å². The van der Waals surface area contributed by atoms with Crippen LogP contribution in [0, 0.1) is 19.3 Å². The van der Waals surface area contributed by atoms with E-state index in [-0.39, 0.29) is 35.9 Å². The van der Waals surface area contributed by atoms with Gasteiger partial charge < -0.3 is 19.9 Å². The van der Waals surface area contributed by atoms with Crippen molar-refractivity contribution >= 4 is 12.1 Å². The smallest absolute Gasteiger partial charge is 0.412 e. The van der Waals surface area contributed by atoms with Gasteiger partial charge in [0.25, 0.3) is 0 Å². The van der Waals surface area contributed by atoms with Gasteiger partial charge in [-0.25, -0.2) is 4.79 Å². The average Bonchev–Trinajstić information content (AvgIpc) is 2.54. The molecule has 0 aliphatic heterocycles. The highest BCUT2D eigenvalue weighted by atomic mass is 16.6. The van der Waals surface area contributed by atoms with Gasteiger partial charge in [0.1, 0.15) is 11.4 Å². The van der Waals surface area contributed by atoms with Gasteiger partial charge in [-0.05, 0) is 75.5 Å². The Morgan fingerprint density at radius 1 is 1.03 bits per heavy atom. The number of rotatable bonds is 8. The summed E-state index contributed by atoms with van der Waals surface area (Å²) in [6, 6.07) is 3.63. The molecule has 6 nitrogen and oxygen atoms in total. The predicted octanol–water partition coefficient (Wildman–Crippen LogP) is 5.59. The number of carbonyl (C=O) groups excluding carboxylic acids is 2. The van der Waals surface area contributed by atoms with Gasteiger partial charge in [0.2, 0.25) is 0 Å². The van der Waals surface area contributed by atoms with Crippen molar-refractivity contribution in [1.82, 2.24) is 5.32 Å². The molecule has 0 unspecified atom stereocenters. The van der Waals surface area contributed by atoms with Gasteiger partial charge in [-0.3, -0.25) is 4.79 Å². The summed E-state index contributed by atoms with van der Waals surface area (Å²) in [5.41, 5.74) is 1.75. The van der Waals surface area contributed by atoms with E-state index in [0.717, 1.165) is 16.7 Å². The number of carbonyl (C=O) groups is 2. The zero-order chi connectivity index (χ0) is 24.9. The molecular weight excluding hydrogens is 406 g/mol. The second-order valence-corrected chi connectivity index (χ2v) is 11.4. The summed E-state index contributed by atoms with van der Waals surface area (Å²) in [7, 11) is 0. The van der Waals surface area contributed by atoms with E-state index in [2.05, 4.69) is 11.4 Å². The third kappa shape index (κ3) is 8.81. The Kier molecular flexibility index (Phi) is 9.34. The van der Waals surface area contributed by atoms with E-state index in [1.54, 1.807) is 0 Å². The first-order valence-electron chi connectivity index (χ1n) is 11.4. The summed E-state index contributed by atoms with van der Waals surface area (Å²) in [4.78, 5) is 25.1. The van der Waals surface area contributed by atoms with E-state index in [1.807, 2.05) is 75.3 Å². The fraction of sp³-hybridized carbons (Fsp3) is 0.692. The Morgan fingerprint density at radius 2 is 1.62 bits per heavy atom. The molecular formula is C26H43NO5. The molecule has 32 heavy (non-hydrogen) atoms. The van der Waals surface area contributed by atoms with E-state index in [9.17, 15) is 14.7 Å². The topological polar surface area (TPSA) is 84.9 Å². The predicted molar refractivity (Wildman–Crippen MR) is 128 cm³/mol. The van der Waals surface area contributed by atoms with Crippen LogP contribution in [0.3, 0.4) is 0 Å². The first kappa shape index (κ1) is 28.0. The third-order valence-corrected chi connectivity index (χ3v) is 5.45. The van der Waals surface area contributed by atoms with Crippen LogP contribution in [-0.4, -0.2) is 35.4 Å². The SMILES string of the molecule is Cc1cc(C)c(C(C)(C)CCO)c(OC(=O)N[C@@H](CCC(=O)OC(C)(C)C)C(C)(C)C)c1. The van der Waals surface area contributed by atoms with Crippen molar-refractivity contribution in [3.05, 3.63) is 28.8 Å². The zero-order valence-electron chi connectivity index (χ0n) is 21.6. The van der Waals surface area contributed by atoms with Gasteiger partial charge in [0.15, 0.2) is 0 Å². The molecule has 0 saturated heterocycles. The molecule has 0 aliphatic rings. The number of amides is 1. The Hall–Kier alpha value is -2.08. The molecule has 0 spiro atoms. The summed E-state index contributed by atoms with van der Waals surface area (Å²) >= 11 is 0. The van der Waals surface area contributed by atoms with Crippen molar-refractivity contribution in [2.75, 3.05) is 6.61 Å². The second kappa shape index (κ2) is 10.7.